The number of nitrogens with zero attached hydrogens (tertiary/aromatic N) is 1. The fourth-order valence-corrected chi connectivity index (χ4v) is 7.36. The maximum Gasteiger partial charge on any atom is 0.407 e. The maximum atomic E-state index is 13.6. The summed E-state index contributed by atoms with van der Waals surface area (Å²) in [6.45, 7) is 5.40. The molecule has 2 aromatic carbocycles. The number of aliphatic hydroxyl groups excluding tert-OH is 1. The van der Waals surface area contributed by atoms with E-state index in [0.717, 1.165) is 5.56 Å². The van der Waals surface area contributed by atoms with E-state index in [9.17, 15) is 23.1 Å². The molecule has 0 spiro atoms. The van der Waals surface area contributed by atoms with E-state index in [1.54, 1.807) is 12.1 Å². The van der Waals surface area contributed by atoms with Gasteiger partial charge in [-0.05, 0) is 48.6 Å². The standard InChI is InChI=1S/C31H42N2O9S/c1-20(2)17-33(43(37,38)25-12-10-23(39-4)11-13-25)18-28(35)27(14-22-8-6-5-7-9-22)32-31(36)42-24-15-26-29(16-24)40-19-30(26)41-21(3)34/h5-13,20,24,26-30,35H,14-19H2,1-4H3,(H,32,36)/t24-,26+,27+,28+,29-,30+/m1/s1. The van der Waals surface area contributed by atoms with Crippen LogP contribution in [0.25, 0.3) is 0 Å². The van der Waals surface area contributed by atoms with Gasteiger partial charge in [0, 0.05) is 32.4 Å². The van der Waals surface area contributed by atoms with E-state index in [0.29, 0.717) is 25.2 Å². The molecule has 0 unspecified atom stereocenters. The summed E-state index contributed by atoms with van der Waals surface area (Å²) in [4.78, 5) is 24.6. The van der Waals surface area contributed by atoms with Crippen molar-refractivity contribution in [3.8, 4) is 5.75 Å². The highest BCUT2D eigenvalue weighted by Gasteiger charge is 2.47. The Bertz CT molecular complexity index is 1320. The van der Waals surface area contributed by atoms with Crippen LogP contribution in [-0.4, -0.2) is 87.2 Å². The molecule has 1 aliphatic heterocycles. The van der Waals surface area contributed by atoms with Crippen molar-refractivity contribution in [1.29, 1.82) is 0 Å². The molecule has 43 heavy (non-hydrogen) atoms. The van der Waals surface area contributed by atoms with Gasteiger partial charge in [0.25, 0.3) is 0 Å². The van der Waals surface area contributed by atoms with Crippen LogP contribution in [0.5, 0.6) is 5.75 Å². The molecule has 1 heterocycles. The Hall–Kier alpha value is -3.19. The SMILES string of the molecule is COc1ccc(S(=O)(=O)N(CC(C)C)C[C@H](O)[C@H](Cc2ccccc2)NC(=O)O[C@@H]2C[C@@H]3[C@@H](OC(C)=O)CO[C@@H]3C2)cc1. The van der Waals surface area contributed by atoms with Crippen molar-refractivity contribution in [3.63, 3.8) is 0 Å². The Balaban J connectivity index is 1.47. The Labute approximate surface area is 253 Å². The first-order valence-corrected chi connectivity index (χ1v) is 16.0. The molecule has 11 nitrogen and oxygen atoms in total. The van der Waals surface area contributed by atoms with Crippen LogP contribution in [0.15, 0.2) is 59.5 Å². The van der Waals surface area contributed by atoms with E-state index in [-0.39, 0.29) is 54.4 Å². The van der Waals surface area contributed by atoms with Gasteiger partial charge in [-0.2, -0.15) is 4.31 Å². The Kier molecular flexibility index (Phi) is 11.0. The molecular weight excluding hydrogens is 576 g/mol. The first kappa shape index (κ1) is 32.7. The summed E-state index contributed by atoms with van der Waals surface area (Å²) in [5.41, 5.74) is 0.855. The van der Waals surface area contributed by atoms with Crippen LogP contribution in [-0.2, 0) is 35.4 Å². The topological polar surface area (TPSA) is 141 Å². The Morgan fingerprint density at radius 3 is 2.37 bits per heavy atom. The number of fused-ring (bicyclic) bond motifs is 1. The highest BCUT2D eigenvalue weighted by molar-refractivity contribution is 7.89. The Morgan fingerprint density at radius 2 is 1.74 bits per heavy atom. The number of aliphatic hydroxyl groups is 1. The lowest BCUT2D eigenvalue weighted by atomic mass is 10.0. The minimum atomic E-state index is -3.97. The first-order valence-electron chi connectivity index (χ1n) is 14.6. The van der Waals surface area contributed by atoms with Gasteiger partial charge in [-0.25, -0.2) is 13.2 Å². The van der Waals surface area contributed by atoms with E-state index in [1.165, 1.54) is 30.5 Å². The number of esters is 1. The molecule has 1 saturated heterocycles. The molecule has 4 rings (SSSR count). The van der Waals surface area contributed by atoms with Crippen LogP contribution in [0.4, 0.5) is 4.79 Å². The van der Waals surface area contributed by atoms with Crippen molar-refractivity contribution in [1.82, 2.24) is 9.62 Å². The molecule has 2 aliphatic rings. The molecule has 1 amide bonds. The number of carbonyl (C=O) groups excluding carboxylic acids is 2. The third-order valence-corrected chi connectivity index (χ3v) is 9.62. The van der Waals surface area contributed by atoms with Gasteiger partial charge in [0.2, 0.25) is 10.0 Å². The van der Waals surface area contributed by atoms with Crippen molar-refractivity contribution in [3.05, 3.63) is 60.2 Å². The maximum absolute atomic E-state index is 13.6. The summed E-state index contributed by atoms with van der Waals surface area (Å²) in [5.74, 6) is 0.0692. The van der Waals surface area contributed by atoms with E-state index in [2.05, 4.69) is 5.32 Å². The van der Waals surface area contributed by atoms with Gasteiger partial charge < -0.3 is 29.4 Å². The summed E-state index contributed by atoms with van der Waals surface area (Å²) in [6, 6.07) is 14.6. The van der Waals surface area contributed by atoms with Crippen molar-refractivity contribution in [2.45, 2.75) is 75.4 Å². The van der Waals surface area contributed by atoms with Gasteiger partial charge in [0.05, 0.1) is 36.9 Å². The molecule has 0 bridgehead atoms. The number of amides is 1. The number of benzene rings is 2. The van der Waals surface area contributed by atoms with Crippen molar-refractivity contribution < 1.29 is 42.1 Å². The molecular formula is C31H42N2O9S. The van der Waals surface area contributed by atoms with E-state index < -0.39 is 34.4 Å². The average molecular weight is 619 g/mol. The molecule has 12 heteroatoms. The van der Waals surface area contributed by atoms with Crippen LogP contribution in [0.1, 0.15) is 39.2 Å². The van der Waals surface area contributed by atoms with Crippen LogP contribution in [0.2, 0.25) is 0 Å². The second-order valence-electron chi connectivity index (χ2n) is 11.6. The van der Waals surface area contributed by atoms with Gasteiger partial charge >= 0.3 is 12.1 Å². The monoisotopic (exact) mass is 618 g/mol. The van der Waals surface area contributed by atoms with Gasteiger partial charge in [0.15, 0.2) is 0 Å². The van der Waals surface area contributed by atoms with Crippen molar-refractivity contribution in [2.24, 2.45) is 11.8 Å². The zero-order valence-corrected chi connectivity index (χ0v) is 25.9. The first-order chi connectivity index (χ1) is 20.5. The van der Waals surface area contributed by atoms with Crippen LogP contribution < -0.4 is 10.1 Å². The van der Waals surface area contributed by atoms with Gasteiger partial charge in [-0.3, -0.25) is 4.79 Å². The van der Waals surface area contributed by atoms with Gasteiger partial charge in [-0.1, -0.05) is 44.2 Å². The molecule has 1 aliphatic carbocycles. The van der Waals surface area contributed by atoms with E-state index >= 15 is 0 Å². The number of sulfonamides is 1. The number of nitrogens with one attached hydrogen (secondary N) is 1. The van der Waals surface area contributed by atoms with Crippen LogP contribution >= 0.6 is 0 Å². The lowest BCUT2D eigenvalue weighted by molar-refractivity contribution is -0.148. The normalized spacial score (nSPS) is 23.0. The number of rotatable bonds is 13. The second-order valence-corrected chi connectivity index (χ2v) is 13.5. The summed E-state index contributed by atoms with van der Waals surface area (Å²) in [7, 11) is -2.47. The molecule has 6 atom stereocenters. The molecule has 236 valence electrons. The molecule has 0 aromatic heterocycles. The van der Waals surface area contributed by atoms with Crippen molar-refractivity contribution >= 4 is 22.1 Å². The fourth-order valence-electron chi connectivity index (χ4n) is 5.74. The second kappa shape index (κ2) is 14.5. The number of hydrogen-bond donors (Lipinski definition) is 2. The average Bonchev–Trinajstić information content (AvgIpc) is 3.53. The third-order valence-electron chi connectivity index (χ3n) is 7.77. The molecule has 0 radical (unpaired) electrons. The minimum absolute atomic E-state index is 0.0226. The molecule has 2 aromatic rings. The van der Waals surface area contributed by atoms with Gasteiger partial charge in [0.1, 0.15) is 18.0 Å². The van der Waals surface area contributed by atoms with Crippen LogP contribution in [0.3, 0.4) is 0 Å². The largest absolute Gasteiger partial charge is 0.497 e. The summed E-state index contributed by atoms with van der Waals surface area (Å²) in [6.07, 6.45) is -1.74. The predicted octanol–water partition coefficient (Wildman–Crippen LogP) is 3.15. The molecule has 2 fully saturated rings. The molecule has 2 N–H and O–H groups in total. The summed E-state index contributed by atoms with van der Waals surface area (Å²) < 4.78 is 50.5. The van der Waals surface area contributed by atoms with Crippen molar-refractivity contribution in [2.75, 3.05) is 26.8 Å². The van der Waals surface area contributed by atoms with Gasteiger partial charge in [-0.15, -0.1) is 0 Å². The van der Waals surface area contributed by atoms with Crippen LogP contribution in [0, 0.1) is 11.8 Å². The third kappa shape index (κ3) is 8.69. The summed E-state index contributed by atoms with van der Waals surface area (Å²) >= 11 is 0. The number of carbonyl (C=O) groups is 2. The quantitative estimate of drug-likeness (QED) is 0.324. The van der Waals surface area contributed by atoms with E-state index in [4.69, 9.17) is 18.9 Å². The predicted molar refractivity (Wildman–Crippen MR) is 158 cm³/mol. The number of methoxy groups -OCH3 is 1. The highest BCUT2D eigenvalue weighted by atomic mass is 32.2. The Morgan fingerprint density at radius 1 is 1.05 bits per heavy atom. The number of ether oxygens (including phenoxy) is 4. The number of hydrogen-bond acceptors (Lipinski definition) is 9. The zero-order chi connectivity index (χ0) is 31.1. The highest BCUT2D eigenvalue weighted by Crippen LogP contribution is 2.39. The smallest absolute Gasteiger partial charge is 0.407 e. The zero-order valence-electron chi connectivity index (χ0n) is 25.0. The van der Waals surface area contributed by atoms with E-state index in [1.807, 2.05) is 44.2 Å². The fraction of sp³-hybridized carbons (Fsp3) is 0.548. The minimum Gasteiger partial charge on any atom is -0.497 e. The lowest BCUT2D eigenvalue weighted by Crippen LogP contribution is -2.51. The summed E-state index contributed by atoms with van der Waals surface area (Å²) in [5, 5.41) is 14.2. The lowest BCUT2D eigenvalue weighted by Gasteiger charge is -2.31. The molecule has 1 saturated carbocycles. The number of alkyl carbamates (subject to hydrolysis) is 1.